The van der Waals surface area contributed by atoms with E-state index >= 15 is 0 Å². The number of hydrogen-bond donors (Lipinski definition) is 1. The molecule has 2 aliphatic rings. The number of piperidine rings is 1. The minimum Gasteiger partial charge on any atom is -0.341 e. The van der Waals surface area contributed by atoms with Crippen LogP contribution in [0, 0.1) is 5.92 Å². The van der Waals surface area contributed by atoms with Gasteiger partial charge in [0.05, 0.1) is 16.9 Å². The van der Waals surface area contributed by atoms with E-state index in [9.17, 15) is 22.8 Å². The number of carbonyl (C=O) groups excluding carboxylic acids is 3. The van der Waals surface area contributed by atoms with Crippen molar-refractivity contribution in [2.24, 2.45) is 5.92 Å². The van der Waals surface area contributed by atoms with Gasteiger partial charge in [0.2, 0.25) is 15.9 Å². The summed E-state index contributed by atoms with van der Waals surface area (Å²) in [5, 5.41) is 0. The Bertz CT molecular complexity index is 917. The summed E-state index contributed by atoms with van der Waals surface area (Å²) >= 11 is 0. The van der Waals surface area contributed by atoms with Gasteiger partial charge >= 0.3 is 0 Å². The van der Waals surface area contributed by atoms with Gasteiger partial charge in [-0.1, -0.05) is 32.9 Å². The van der Waals surface area contributed by atoms with Crippen LogP contribution in [0.25, 0.3) is 0 Å². The number of rotatable bonds is 8. The average Bonchev–Trinajstić information content (AvgIpc) is 2.96. The molecule has 1 fully saturated rings. The summed E-state index contributed by atoms with van der Waals surface area (Å²) in [6.45, 7) is 6.49. The van der Waals surface area contributed by atoms with E-state index in [2.05, 4.69) is 4.72 Å². The number of hydrogen-bond acceptors (Lipinski definition) is 5. The molecule has 1 unspecified atom stereocenters. The van der Waals surface area contributed by atoms with Crippen molar-refractivity contribution in [2.75, 3.05) is 18.8 Å². The predicted octanol–water partition coefficient (Wildman–Crippen LogP) is 2.02. The highest BCUT2D eigenvalue weighted by Crippen LogP contribution is 2.28. The summed E-state index contributed by atoms with van der Waals surface area (Å²) in [5.41, 5.74) is 0.663. The van der Waals surface area contributed by atoms with Crippen LogP contribution in [0.4, 0.5) is 0 Å². The molecule has 1 atom stereocenters. The average molecular weight is 450 g/mol. The van der Waals surface area contributed by atoms with Gasteiger partial charge in [0, 0.05) is 19.1 Å². The molecule has 0 aliphatic carbocycles. The third kappa shape index (κ3) is 5.15. The zero-order chi connectivity index (χ0) is 22.8. The summed E-state index contributed by atoms with van der Waals surface area (Å²) in [5.74, 6) is -0.916. The maximum Gasteiger partial charge on any atom is 0.262 e. The fraction of sp³-hybridized carbons (Fsp3) is 0.591. The third-order valence-corrected chi connectivity index (χ3v) is 7.38. The molecule has 2 aliphatic heterocycles. The first-order chi connectivity index (χ1) is 14.6. The van der Waals surface area contributed by atoms with Crippen molar-refractivity contribution in [2.45, 2.75) is 58.5 Å². The van der Waals surface area contributed by atoms with E-state index in [4.69, 9.17) is 0 Å². The molecular formula is C22H31N3O5S. The summed E-state index contributed by atoms with van der Waals surface area (Å²) in [6.07, 6.45) is 1.94. The van der Waals surface area contributed by atoms with Gasteiger partial charge in [-0.15, -0.1) is 0 Å². The molecule has 8 nitrogen and oxygen atoms in total. The molecule has 1 N–H and O–H groups in total. The standard InChI is InChI=1S/C22H31N3O5S/c1-4-13-31(29,30)23-16-9-11-24(12-10-16)22(28)19(14-15(2)3)25-20(26)17-7-5-6-8-18(17)21(25)27/h5-8,15-16,19,23H,4,9-14H2,1-3H3. The molecule has 0 saturated carbocycles. The molecule has 1 aromatic rings. The lowest BCUT2D eigenvalue weighted by Gasteiger charge is -2.36. The fourth-order valence-corrected chi connectivity index (χ4v) is 5.66. The van der Waals surface area contributed by atoms with Crippen LogP contribution in [0.15, 0.2) is 24.3 Å². The zero-order valence-corrected chi connectivity index (χ0v) is 19.2. The molecule has 0 aromatic heterocycles. The maximum atomic E-state index is 13.4. The smallest absolute Gasteiger partial charge is 0.262 e. The van der Waals surface area contributed by atoms with Gasteiger partial charge in [0.25, 0.3) is 11.8 Å². The molecular weight excluding hydrogens is 418 g/mol. The number of likely N-dealkylation sites (tertiary alicyclic amines) is 1. The van der Waals surface area contributed by atoms with Gasteiger partial charge in [0.1, 0.15) is 6.04 Å². The number of nitrogens with zero attached hydrogens (tertiary/aromatic N) is 2. The van der Waals surface area contributed by atoms with Crippen LogP contribution in [-0.2, 0) is 14.8 Å². The maximum absolute atomic E-state index is 13.4. The Balaban J connectivity index is 1.72. The first-order valence-corrected chi connectivity index (χ1v) is 12.6. The van der Waals surface area contributed by atoms with Crippen molar-refractivity contribution >= 4 is 27.7 Å². The van der Waals surface area contributed by atoms with Crippen molar-refractivity contribution in [3.05, 3.63) is 35.4 Å². The lowest BCUT2D eigenvalue weighted by Crippen LogP contribution is -2.54. The van der Waals surface area contributed by atoms with Gasteiger partial charge in [-0.2, -0.15) is 0 Å². The van der Waals surface area contributed by atoms with E-state index in [0.29, 0.717) is 49.9 Å². The van der Waals surface area contributed by atoms with Crippen LogP contribution in [0.1, 0.15) is 67.2 Å². The van der Waals surface area contributed by atoms with Crippen LogP contribution in [0.5, 0.6) is 0 Å². The highest BCUT2D eigenvalue weighted by Gasteiger charge is 2.44. The molecule has 0 bridgehead atoms. The molecule has 1 aromatic carbocycles. The second-order valence-electron chi connectivity index (χ2n) is 8.71. The van der Waals surface area contributed by atoms with Crippen molar-refractivity contribution < 1.29 is 22.8 Å². The number of benzene rings is 1. The van der Waals surface area contributed by atoms with E-state index in [1.54, 1.807) is 29.2 Å². The van der Waals surface area contributed by atoms with Gasteiger partial charge < -0.3 is 4.90 Å². The Morgan fingerprint density at radius 1 is 1.10 bits per heavy atom. The number of amides is 3. The van der Waals surface area contributed by atoms with Gasteiger partial charge in [-0.25, -0.2) is 13.1 Å². The first kappa shape index (κ1) is 23.4. The Morgan fingerprint density at radius 2 is 1.65 bits per heavy atom. The summed E-state index contributed by atoms with van der Waals surface area (Å²) < 4.78 is 26.8. The molecule has 1 saturated heterocycles. The molecule has 9 heteroatoms. The summed E-state index contributed by atoms with van der Waals surface area (Å²) in [6, 6.07) is 5.57. The highest BCUT2D eigenvalue weighted by molar-refractivity contribution is 7.89. The Hall–Kier alpha value is -2.26. The number of sulfonamides is 1. The fourth-order valence-electron chi connectivity index (χ4n) is 4.26. The van der Waals surface area contributed by atoms with Gasteiger partial charge in [-0.3, -0.25) is 19.3 Å². The minimum absolute atomic E-state index is 0.0857. The van der Waals surface area contributed by atoms with E-state index in [1.165, 1.54) is 0 Å². The molecule has 31 heavy (non-hydrogen) atoms. The van der Waals surface area contributed by atoms with Crippen LogP contribution in [0.3, 0.4) is 0 Å². The van der Waals surface area contributed by atoms with Crippen molar-refractivity contribution in [3.63, 3.8) is 0 Å². The van der Waals surface area contributed by atoms with E-state index in [-0.39, 0.29) is 23.6 Å². The van der Waals surface area contributed by atoms with E-state index < -0.39 is 27.9 Å². The van der Waals surface area contributed by atoms with Gasteiger partial charge in [-0.05, 0) is 43.7 Å². The summed E-state index contributed by atoms with van der Waals surface area (Å²) in [4.78, 5) is 42.1. The summed E-state index contributed by atoms with van der Waals surface area (Å²) in [7, 11) is -3.31. The predicted molar refractivity (Wildman–Crippen MR) is 117 cm³/mol. The molecule has 0 spiro atoms. The largest absolute Gasteiger partial charge is 0.341 e. The molecule has 0 radical (unpaired) electrons. The SMILES string of the molecule is CCCS(=O)(=O)NC1CCN(C(=O)C(CC(C)C)N2C(=O)c3ccccc3C2=O)CC1. The second kappa shape index (κ2) is 9.48. The first-order valence-electron chi connectivity index (χ1n) is 10.9. The van der Waals surface area contributed by atoms with Gasteiger partial charge in [0.15, 0.2) is 0 Å². The number of fused-ring (bicyclic) bond motifs is 1. The molecule has 170 valence electrons. The van der Waals surface area contributed by atoms with E-state index in [0.717, 1.165) is 4.90 Å². The molecule has 3 amide bonds. The molecule has 3 rings (SSSR count). The quantitative estimate of drug-likeness (QED) is 0.612. The zero-order valence-electron chi connectivity index (χ0n) is 18.3. The monoisotopic (exact) mass is 449 g/mol. The van der Waals surface area contributed by atoms with Crippen LogP contribution >= 0.6 is 0 Å². The minimum atomic E-state index is -3.31. The number of imide groups is 1. The Morgan fingerprint density at radius 3 is 2.13 bits per heavy atom. The normalized spacial score (nSPS) is 18.6. The highest BCUT2D eigenvalue weighted by atomic mass is 32.2. The van der Waals surface area contributed by atoms with Crippen molar-refractivity contribution in [1.29, 1.82) is 0 Å². The Kier molecular flexibility index (Phi) is 7.16. The number of nitrogens with one attached hydrogen (secondary N) is 1. The lowest BCUT2D eigenvalue weighted by molar-refractivity contribution is -0.137. The third-order valence-electron chi connectivity index (χ3n) is 5.74. The van der Waals surface area contributed by atoms with Crippen molar-refractivity contribution in [1.82, 2.24) is 14.5 Å². The topological polar surface area (TPSA) is 104 Å². The number of carbonyl (C=O) groups is 3. The van der Waals surface area contributed by atoms with E-state index in [1.807, 2.05) is 20.8 Å². The van der Waals surface area contributed by atoms with Crippen LogP contribution in [0.2, 0.25) is 0 Å². The second-order valence-corrected chi connectivity index (χ2v) is 10.6. The van der Waals surface area contributed by atoms with Crippen LogP contribution < -0.4 is 4.72 Å². The molecule has 2 heterocycles. The Labute approximate surface area is 184 Å². The van der Waals surface area contributed by atoms with Crippen molar-refractivity contribution in [3.8, 4) is 0 Å². The lowest BCUT2D eigenvalue weighted by atomic mass is 9.99. The van der Waals surface area contributed by atoms with Crippen LogP contribution in [-0.4, -0.2) is 66.9 Å².